The summed E-state index contributed by atoms with van der Waals surface area (Å²) in [6.45, 7) is 3.54. The average Bonchev–Trinajstić information content (AvgIpc) is 2.73. The summed E-state index contributed by atoms with van der Waals surface area (Å²) >= 11 is 0. The maximum absolute atomic E-state index is 14.2. The molecule has 0 saturated carbocycles. The molecule has 11 heteroatoms. The van der Waals surface area contributed by atoms with Crippen LogP contribution in [-0.2, 0) is 15.7 Å². The van der Waals surface area contributed by atoms with Gasteiger partial charge in [-0.1, -0.05) is 6.07 Å². The van der Waals surface area contributed by atoms with Gasteiger partial charge in [-0.05, 0) is 49.7 Å². The molecule has 0 spiro atoms. The lowest BCUT2D eigenvalue weighted by molar-refractivity contribution is 0.0163. The van der Waals surface area contributed by atoms with Gasteiger partial charge in [-0.2, -0.15) is 4.39 Å². The van der Waals surface area contributed by atoms with Crippen molar-refractivity contribution in [1.29, 1.82) is 4.78 Å². The Kier molecular flexibility index (Phi) is 6.70. The number of benzene rings is 1. The molecule has 3 aromatic rings. The van der Waals surface area contributed by atoms with Crippen molar-refractivity contribution in [2.75, 3.05) is 18.2 Å². The molecule has 2 heterocycles. The van der Waals surface area contributed by atoms with Crippen molar-refractivity contribution < 1.29 is 26.9 Å². The van der Waals surface area contributed by atoms with Crippen molar-refractivity contribution in [1.82, 2.24) is 9.97 Å². The van der Waals surface area contributed by atoms with Gasteiger partial charge in [-0.3, -0.25) is 4.79 Å². The number of pyridine rings is 2. The van der Waals surface area contributed by atoms with E-state index in [1.165, 1.54) is 50.2 Å². The Labute approximate surface area is 195 Å². The third-order valence-electron chi connectivity index (χ3n) is 5.16. The van der Waals surface area contributed by atoms with Gasteiger partial charge in [0.05, 0.1) is 15.4 Å². The molecule has 1 atom stereocenters. The number of alkyl halides is 2. The zero-order valence-electron chi connectivity index (χ0n) is 19.1. The molecular weight excluding hydrogens is 469 g/mol. The van der Waals surface area contributed by atoms with Crippen LogP contribution in [0.15, 0.2) is 47.5 Å². The molecule has 0 radical (unpaired) electrons. The van der Waals surface area contributed by atoms with Crippen molar-refractivity contribution in [3.05, 3.63) is 70.9 Å². The number of rotatable bonds is 6. The Bertz CT molecular complexity index is 1370. The summed E-state index contributed by atoms with van der Waals surface area (Å²) in [6, 6.07) is 8.38. The second-order valence-electron chi connectivity index (χ2n) is 7.89. The highest BCUT2D eigenvalue weighted by Gasteiger charge is 2.33. The number of halogens is 3. The van der Waals surface area contributed by atoms with Crippen LogP contribution >= 0.6 is 0 Å². The van der Waals surface area contributed by atoms with E-state index in [4.69, 9.17) is 9.52 Å². The van der Waals surface area contributed by atoms with Crippen LogP contribution in [-0.4, -0.2) is 33.4 Å². The minimum atomic E-state index is -3.28. The standard InChI is InChI=1S/C23H23F3N4O3S/c1-13-17(23(3,25)26)12-28-21(33-18-9-10-19(24)29-14(18)2)20(13)22(31)30(4)15-7-6-8-16(11-15)34(5,27)32/h6-12,27H,1-5H3. The number of amides is 1. The maximum atomic E-state index is 14.2. The van der Waals surface area contributed by atoms with Gasteiger partial charge in [-0.15, -0.1) is 0 Å². The Hall–Kier alpha value is -3.47. The SMILES string of the molecule is Cc1nc(F)ccc1Oc1ncc(C(C)(F)F)c(C)c1C(=O)N(C)c1cccc(S(C)(=N)=O)c1. The molecular formula is C23H23F3N4O3S. The van der Waals surface area contributed by atoms with Crippen LogP contribution in [0.1, 0.15) is 34.1 Å². The lowest BCUT2D eigenvalue weighted by atomic mass is 10.00. The minimum Gasteiger partial charge on any atom is -0.436 e. The highest BCUT2D eigenvalue weighted by molar-refractivity contribution is 7.91. The van der Waals surface area contributed by atoms with Crippen LogP contribution in [0, 0.1) is 24.6 Å². The summed E-state index contributed by atoms with van der Waals surface area (Å²) in [4.78, 5) is 22.5. The molecule has 1 unspecified atom stereocenters. The molecule has 2 aromatic heterocycles. The lowest BCUT2D eigenvalue weighted by Gasteiger charge is -2.23. The van der Waals surface area contributed by atoms with Crippen LogP contribution in [0.5, 0.6) is 11.6 Å². The van der Waals surface area contributed by atoms with E-state index >= 15 is 0 Å². The summed E-state index contributed by atoms with van der Waals surface area (Å²) in [5.41, 5.74) is -0.251. The predicted molar refractivity (Wildman–Crippen MR) is 122 cm³/mol. The van der Waals surface area contributed by atoms with E-state index in [9.17, 15) is 22.2 Å². The predicted octanol–water partition coefficient (Wildman–Crippen LogP) is 5.45. The molecule has 0 aliphatic heterocycles. The molecule has 1 N–H and O–H groups in total. The highest BCUT2D eigenvalue weighted by atomic mass is 32.2. The fourth-order valence-corrected chi connectivity index (χ4v) is 3.98. The zero-order chi connectivity index (χ0) is 25.4. The summed E-state index contributed by atoms with van der Waals surface area (Å²) in [5.74, 6) is -4.89. The number of carbonyl (C=O) groups excluding carboxylic acids is 1. The average molecular weight is 493 g/mol. The van der Waals surface area contributed by atoms with Crippen LogP contribution < -0.4 is 9.64 Å². The van der Waals surface area contributed by atoms with Crippen LogP contribution in [0.4, 0.5) is 18.9 Å². The zero-order valence-corrected chi connectivity index (χ0v) is 20.0. The number of nitrogens with one attached hydrogen (secondary N) is 1. The molecule has 0 aliphatic rings. The fraction of sp³-hybridized carbons (Fsp3) is 0.261. The molecule has 0 bridgehead atoms. The lowest BCUT2D eigenvalue weighted by Crippen LogP contribution is -2.29. The van der Waals surface area contributed by atoms with E-state index < -0.39 is 33.1 Å². The Morgan fingerprint density at radius 2 is 1.88 bits per heavy atom. The molecule has 1 aromatic carbocycles. The van der Waals surface area contributed by atoms with Gasteiger partial charge >= 0.3 is 0 Å². The third-order valence-corrected chi connectivity index (χ3v) is 6.31. The van der Waals surface area contributed by atoms with Crippen LogP contribution in [0.2, 0.25) is 0 Å². The van der Waals surface area contributed by atoms with E-state index in [2.05, 4.69) is 9.97 Å². The quantitative estimate of drug-likeness (QED) is 0.462. The van der Waals surface area contributed by atoms with Crippen molar-refractivity contribution in [2.45, 2.75) is 31.6 Å². The normalized spacial score (nSPS) is 13.3. The second kappa shape index (κ2) is 9.05. The molecule has 180 valence electrons. The third kappa shape index (κ3) is 5.19. The first-order valence-electron chi connectivity index (χ1n) is 10.0. The Morgan fingerprint density at radius 3 is 2.47 bits per heavy atom. The molecule has 0 saturated heterocycles. The van der Waals surface area contributed by atoms with Gasteiger partial charge in [0, 0.05) is 42.6 Å². The number of aryl methyl sites for hydroxylation is 1. The summed E-state index contributed by atoms with van der Waals surface area (Å²) < 4.78 is 67.5. The number of anilines is 1. The molecule has 3 rings (SSSR count). The van der Waals surface area contributed by atoms with Gasteiger partial charge in [0.15, 0.2) is 5.75 Å². The minimum absolute atomic E-state index is 0.0435. The highest BCUT2D eigenvalue weighted by Crippen LogP contribution is 2.36. The number of hydrogen-bond donors (Lipinski definition) is 1. The van der Waals surface area contributed by atoms with Crippen molar-refractivity contribution in [2.24, 2.45) is 0 Å². The van der Waals surface area contributed by atoms with Gasteiger partial charge in [0.2, 0.25) is 11.8 Å². The number of ether oxygens (including phenoxy) is 1. The Balaban J connectivity index is 2.14. The van der Waals surface area contributed by atoms with Crippen LogP contribution in [0.3, 0.4) is 0 Å². The van der Waals surface area contributed by atoms with E-state index in [0.717, 1.165) is 12.3 Å². The topological polar surface area (TPSA) is 96.2 Å². The largest absolute Gasteiger partial charge is 0.436 e. The molecule has 7 nitrogen and oxygen atoms in total. The van der Waals surface area contributed by atoms with Crippen LogP contribution in [0.25, 0.3) is 0 Å². The number of nitrogens with zero attached hydrogens (tertiary/aromatic N) is 3. The second-order valence-corrected chi connectivity index (χ2v) is 10.0. The molecule has 1 amide bonds. The van der Waals surface area contributed by atoms with Crippen molar-refractivity contribution >= 4 is 21.3 Å². The molecule has 0 fully saturated rings. The van der Waals surface area contributed by atoms with E-state index in [1.54, 1.807) is 12.1 Å². The van der Waals surface area contributed by atoms with Crippen molar-refractivity contribution in [3.8, 4) is 11.6 Å². The van der Waals surface area contributed by atoms with Gasteiger partial charge in [-0.25, -0.2) is 27.7 Å². The summed E-state index contributed by atoms with van der Waals surface area (Å²) in [6.07, 6.45) is 2.18. The first-order valence-corrected chi connectivity index (χ1v) is 12.0. The fourth-order valence-electron chi connectivity index (χ4n) is 3.30. The summed E-state index contributed by atoms with van der Waals surface area (Å²) in [5, 5.41) is 0. The molecule has 0 aliphatic carbocycles. The van der Waals surface area contributed by atoms with Gasteiger partial charge < -0.3 is 9.64 Å². The smallest absolute Gasteiger partial charge is 0.272 e. The first kappa shape index (κ1) is 25.2. The number of carbonyl (C=O) groups is 1. The monoisotopic (exact) mass is 492 g/mol. The van der Waals surface area contributed by atoms with Gasteiger partial charge in [0.25, 0.3) is 11.8 Å². The van der Waals surface area contributed by atoms with Crippen molar-refractivity contribution in [3.63, 3.8) is 0 Å². The maximum Gasteiger partial charge on any atom is 0.272 e. The molecule has 34 heavy (non-hydrogen) atoms. The number of aromatic nitrogens is 2. The van der Waals surface area contributed by atoms with E-state index in [1.807, 2.05) is 0 Å². The summed E-state index contributed by atoms with van der Waals surface area (Å²) in [7, 11) is -1.64. The number of hydrogen-bond acceptors (Lipinski definition) is 6. The van der Waals surface area contributed by atoms with E-state index in [0.29, 0.717) is 12.6 Å². The first-order chi connectivity index (χ1) is 15.7. The Morgan fingerprint density at radius 1 is 1.21 bits per heavy atom. The van der Waals surface area contributed by atoms with Gasteiger partial charge in [0.1, 0.15) is 5.56 Å². The van der Waals surface area contributed by atoms with E-state index in [-0.39, 0.29) is 33.3 Å².